The number of phenols is 1. The van der Waals surface area contributed by atoms with Crippen molar-refractivity contribution in [1.29, 1.82) is 0 Å². The monoisotopic (exact) mass is 344 g/mol. The molecule has 1 aromatic rings. The molecule has 1 saturated heterocycles. The normalized spacial score (nSPS) is 27.7. The SMILES string of the molecule is O=C(N[C@H]1CCOC2(CCCCC2)C1)N[C@@H]1CCc2c(O)cccc21. The Morgan fingerprint density at radius 3 is 2.84 bits per heavy atom. The Kier molecular flexibility index (Phi) is 4.59. The molecule has 3 aliphatic rings. The van der Waals surface area contributed by atoms with Crippen LogP contribution in [0.3, 0.4) is 0 Å². The van der Waals surface area contributed by atoms with Crippen molar-refractivity contribution in [1.82, 2.24) is 10.6 Å². The summed E-state index contributed by atoms with van der Waals surface area (Å²) in [6, 6.07) is 5.64. The molecule has 0 unspecified atom stereocenters. The minimum atomic E-state index is -0.0981. The largest absolute Gasteiger partial charge is 0.508 e. The van der Waals surface area contributed by atoms with E-state index in [1.165, 1.54) is 19.3 Å². The second kappa shape index (κ2) is 6.87. The number of nitrogens with one attached hydrogen (secondary N) is 2. The number of hydrogen-bond acceptors (Lipinski definition) is 3. The number of carbonyl (C=O) groups excluding carboxylic acids is 1. The number of urea groups is 1. The van der Waals surface area contributed by atoms with Crippen LogP contribution in [0.15, 0.2) is 18.2 Å². The van der Waals surface area contributed by atoms with Gasteiger partial charge in [0.05, 0.1) is 11.6 Å². The molecule has 25 heavy (non-hydrogen) atoms. The van der Waals surface area contributed by atoms with E-state index in [1.54, 1.807) is 6.07 Å². The van der Waals surface area contributed by atoms with E-state index in [-0.39, 0.29) is 23.7 Å². The number of rotatable bonds is 2. The van der Waals surface area contributed by atoms with Crippen LogP contribution in [0.2, 0.25) is 0 Å². The van der Waals surface area contributed by atoms with E-state index in [0.717, 1.165) is 56.3 Å². The van der Waals surface area contributed by atoms with E-state index >= 15 is 0 Å². The van der Waals surface area contributed by atoms with E-state index in [4.69, 9.17) is 4.74 Å². The summed E-state index contributed by atoms with van der Waals surface area (Å²) in [6.07, 6.45) is 9.51. The average molecular weight is 344 g/mol. The summed E-state index contributed by atoms with van der Waals surface area (Å²) in [5.74, 6) is 0.339. The van der Waals surface area contributed by atoms with Crippen molar-refractivity contribution in [2.75, 3.05) is 6.61 Å². The van der Waals surface area contributed by atoms with E-state index in [2.05, 4.69) is 10.6 Å². The van der Waals surface area contributed by atoms with E-state index in [9.17, 15) is 9.90 Å². The van der Waals surface area contributed by atoms with E-state index < -0.39 is 0 Å². The second-order valence-electron chi connectivity index (χ2n) is 7.84. The highest BCUT2D eigenvalue weighted by atomic mass is 16.5. The summed E-state index contributed by atoms with van der Waals surface area (Å²) in [7, 11) is 0. The molecule has 0 aromatic heterocycles. The Morgan fingerprint density at radius 1 is 1.16 bits per heavy atom. The molecule has 2 aliphatic carbocycles. The molecule has 1 aliphatic heterocycles. The van der Waals surface area contributed by atoms with Gasteiger partial charge in [-0.05, 0) is 55.7 Å². The zero-order chi connectivity index (χ0) is 17.3. The van der Waals surface area contributed by atoms with Gasteiger partial charge in [0.25, 0.3) is 0 Å². The first-order valence-corrected chi connectivity index (χ1v) is 9.67. The minimum absolute atomic E-state index is 0.000193. The molecule has 5 heteroatoms. The van der Waals surface area contributed by atoms with Crippen LogP contribution in [0.25, 0.3) is 0 Å². The molecule has 2 atom stereocenters. The summed E-state index contributed by atoms with van der Waals surface area (Å²) in [5.41, 5.74) is 2.02. The zero-order valence-electron chi connectivity index (χ0n) is 14.7. The van der Waals surface area contributed by atoms with Crippen LogP contribution in [0.5, 0.6) is 5.75 Å². The first-order chi connectivity index (χ1) is 12.2. The lowest BCUT2D eigenvalue weighted by molar-refractivity contribution is -0.107. The van der Waals surface area contributed by atoms with Gasteiger partial charge in [-0.25, -0.2) is 4.79 Å². The predicted molar refractivity (Wildman–Crippen MR) is 95.6 cm³/mol. The van der Waals surface area contributed by atoms with E-state index in [1.807, 2.05) is 12.1 Å². The lowest BCUT2D eigenvalue weighted by Crippen LogP contribution is -2.51. The summed E-state index contributed by atoms with van der Waals surface area (Å²) >= 11 is 0. The number of benzene rings is 1. The summed E-state index contributed by atoms with van der Waals surface area (Å²) in [5, 5.41) is 16.2. The third-order valence-electron chi connectivity index (χ3n) is 6.14. The molecular formula is C20H28N2O3. The fourth-order valence-corrected chi connectivity index (χ4v) is 4.87. The van der Waals surface area contributed by atoms with Gasteiger partial charge in [-0.1, -0.05) is 31.4 Å². The van der Waals surface area contributed by atoms with Gasteiger partial charge >= 0.3 is 6.03 Å². The molecule has 4 rings (SSSR count). The highest BCUT2D eigenvalue weighted by molar-refractivity contribution is 5.75. The molecule has 1 saturated carbocycles. The van der Waals surface area contributed by atoms with Crippen molar-refractivity contribution >= 4 is 6.03 Å². The Bertz CT molecular complexity index is 634. The number of ether oxygens (including phenoxy) is 1. The molecule has 1 spiro atoms. The molecule has 2 amide bonds. The lowest BCUT2D eigenvalue weighted by atomic mass is 9.78. The Balaban J connectivity index is 1.35. The van der Waals surface area contributed by atoms with Crippen LogP contribution >= 0.6 is 0 Å². The van der Waals surface area contributed by atoms with E-state index in [0.29, 0.717) is 5.75 Å². The van der Waals surface area contributed by atoms with Gasteiger partial charge in [0, 0.05) is 12.6 Å². The van der Waals surface area contributed by atoms with Crippen molar-refractivity contribution in [2.24, 2.45) is 0 Å². The van der Waals surface area contributed by atoms with Crippen LogP contribution in [-0.2, 0) is 11.2 Å². The first-order valence-electron chi connectivity index (χ1n) is 9.67. The Morgan fingerprint density at radius 2 is 2.00 bits per heavy atom. The number of fused-ring (bicyclic) bond motifs is 1. The Hall–Kier alpha value is -1.75. The molecule has 1 heterocycles. The smallest absolute Gasteiger partial charge is 0.315 e. The van der Waals surface area contributed by atoms with Crippen molar-refractivity contribution in [3.05, 3.63) is 29.3 Å². The van der Waals surface area contributed by atoms with Crippen molar-refractivity contribution in [2.45, 2.75) is 75.5 Å². The molecule has 136 valence electrons. The highest BCUT2D eigenvalue weighted by Crippen LogP contribution is 2.39. The maximum atomic E-state index is 12.5. The van der Waals surface area contributed by atoms with Gasteiger partial charge in [-0.15, -0.1) is 0 Å². The summed E-state index contributed by atoms with van der Waals surface area (Å²) in [4.78, 5) is 12.5. The van der Waals surface area contributed by atoms with Gasteiger partial charge in [0.1, 0.15) is 5.75 Å². The van der Waals surface area contributed by atoms with Crippen LogP contribution in [-0.4, -0.2) is 29.4 Å². The topological polar surface area (TPSA) is 70.6 Å². The van der Waals surface area contributed by atoms with Crippen molar-refractivity contribution < 1.29 is 14.6 Å². The molecule has 1 aromatic carbocycles. The fourth-order valence-electron chi connectivity index (χ4n) is 4.87. The van der Waals surface area contributed by atoms with Crippen molar-refractivity contribution in [3.8, 4) is 5.75 Å². The molecule has 2 fully saturated rings. The third kappa shape index (κ3) is 3.47. The lowest BCUT2D eigenvalue weighted by Gasteiger charge is -2.43. The second-order valence-corrected chi connectivity index (χ2v) is 7.84. The number of carbonyl (C=O) groups is 1. The van der Waals surface area contributed by atoms with Gasteiger partial charge in [-0.3, -0.25) is 0 Å². The number of hydrogen-bond donors (Lipinski definition) is 3. The summed E-state index contributed by atoms with van der Waals surface area (Å²) in [6.45, 7) is 0.741. The van der Waals surface area contributed by atoms with Crippen LogP contribution < -0.4 is 10.6 Å². The number of phenolic OH excluding ortho intramolecular Hbond substituents is 1. The van der Waals surface area contributed by atoms with Crippen molar-refractivity contribution in [3.63, 3.8) is 0 Å². The first kappa shape index (κ1) is 16.7. The van der Waals surface area contributed by atoms with Crippen LogP contribution in [0.1, 0.15) is 68.5 Å². The van der Waals surface area contributed by atoms with Gasteiger partial charge in [0.2, 0.25) is 0 Å². The van der Waals surface area contributed by atoms with Gasteiger partial charge in [0.15, 0.2) is 0 Å². The number of aromatic hydroxyl groups is 1. The zero-order valence-corrected chi connectivity index (χ0v) is 14.7. The van der Waals surface area contributed by atoms with Gasteiger partial charge < -0.3 is 20.5 Å². The molecule has 0 bridgehead atoms. The maximum absolute atomic E-state index is 12.5. The quantitative estimate of drug-likeness (QED) is 0.768. The van der Waals surface area contributed by atoms with Crippen LogP contribution in [0, 0.1) is 0 Å². The summed E-state index contributed by atoms with van der Waals surface area (Å²) < 4.78 is 6.11. The highest BCUT2D eigenvalue weighted by Gasteiger charge is 2.39. The molecular weight excluding hydrogens is 316 g/mol. The standard InChI is InChI=1S/C20H28N2O3/c23-18-6-4-5-15-16(18)7-8-17(15)22-19(24)21-14-9-12-25-20(13-14)10-2-1-3-11-20/h4-6,14,17,23H,1-3,7-13H2,(H2,21,22,24)/t14-,17+/m0/s1. The number of amides is 2. The third-order valence-corrected chi connectivity index (χ3v) is 6.14. The molecule has 5 nitrogen and oxygen atoms in total. The fraction of sp³-hybridized carbons (Fsp3) is 0.650. The molecule has 3 N–H and O–H groups in total. The Labute approximate surface area is 149 Å². The minimum Gasteiger partial charge on any atom is -0.508 e. The molecule has 0 radical (unpaired) electrons. The van der Waals surface area contributed by atoms with Crippen LogP contribution in [0.4, 0.5) is 4.79 Å². The van der Waals surface area contributed by atoms with Gasteiger partial charge in [-0.2, -0.15) is 0 Å². The average Bonchev–Trinajstić information content (AvgIpc) is 3.00. The maximum Gasteiger partial charge on any atom is 0.315 e. The predicted octanol–water partition coefficient (Wildman–Crippen LogP) is 3.56.